The normalized spacial score (nSPS) is 29.9. The molecule has 1 aliphatic carbocycles. The monoisotopic (exact) mass is 236 g/mol. The number of carboxylic acids is 1. The minimum absolute atomic E-state index is 0. The summed E-state index contributed by atoms with van der Waals surface area (Å²) >= 11 is 0. The van der Waals surface area contributed by atoms with Crippen molar-refractivity contribution in [3.63, 3.8) is 0 Å². The molecule has 3 nitrogen and oxygen atoms in total. The molecule has 16 heavy (non-hydrogen) atoms. The molecule has 0 aromatic heterocycles. The molecule has 0 radical (unpaired) electrons. The van der Waals surface area contributed by atoms with Crippen molar-refractivity contribution in [1.29, 1.82) is 0 Å². The van der Waals surface area contributed by atoms with Crippen molar-refractivity contribution in [3.8, 4) is 0 Å². The molecule has 0 aromatic carbocycles. The number of carboxylic acid groups (broad SMARTS) is 1. The van der Waals surface area contributed by atoms with Crippen molar-refractivity contribution in [2.75, 3.05) is 6.61 Å². The van der Waals surface area contributed by atoms with E-state index in [0.29, 0.717) is 17.8 Å². The molecule has 0 spiro atoms. The van der Waals surface area contributed by atoms with Gasteiger partial charge in [-0.3, -0.25) is 0 Å². The van der Waals surface area contributed by atoms with Crippen molar-refractivity contribution in [3.05, 3.63) is 0 Å². The molecule has 1 fully saturated rings. The molecule has 88 valence electrons. The van der Waals surface area contributed by atoms with Crippen LogP contribution in [0, 0.1) is 17.8 Å². The number of hydrogen-bond donors (Lipinski definition) is 0. The molecular weight excluding hydrogens is 215 g/mol. The average Bonchev–Trinajstić information content (AvgIpc) is 2.14. The van der Waals surface area contributed by atoms with Gasteiger partial charge in [-0.05, 0) is 30.6 Å². The van der Waals surface area contributed by atoms with Gasteiger partial charge < -0.3 is 14.6 Å². The fourth-order valence-corrected chi connectivity index (χ4v) is 2.48. The zero-order valence-corrected chi connectivity index (χ0v) is 12.9. The number of carbonyl (C=O) groups excluding carboxylic acids is 1. The van der Waals surface area contributed by atoms with Crippen LogP contribution in [0.4, 0.5) is 0 Å². The smallest absolute Gasteiger partial charge is 0.548 e. The maximum absolute atomic E-state index is 10.4. The number of hydrogen-bond acceptors (Lipinski definition) is 3. The molecule has 1 saturated carbocycles. The molecule has 0 bridgehead atoms. The Morgan fingerprint density at radius 3 is 2.56 bits per heavy atom. The van der Waals surface area contributed by atoms with Crippen LogP contribution in [0.2, 0.25) is 0 Å². The first-order valence-electron chi connectivity index (χ1n) is 5.82. The summed E-state index contributed by atoms with van der Waals surface area (Å²) in [6, 6.07) is 0. The van der Waals surface area contributed by atoms with Crippen molar-refractivity contribution < 1.29 is 44.2 Å². The molecule has 3 atom stereocenters. The number of carbonyl (C=O) groups is 1. The SMILES string of the molecule is CC(C)[C@@H]1CC[C@@H](C)C[C@H]1OCC(=O)[O-].[Na+]. The van der Waals surface area contributed by atoms with Gasteiger partial charge in [-0.1, -0.05) is 27.2 Å². The van der Waals surface area contributed by atoms with Gasteiger partial charge in [0, 0.05) is 0 Å². The topological polar surface area (TPSA) is 49.4 Å². The van der Waals surface area contributed by atoms with E-state index < -0.39 is 5.97 Å². The van der Waals surface area contributed by atoms with Gasteiger partial charge >= 0.3 is 29.6 Å². The predicted octanol–water partition coefficient (Wildman–Crippen LogP) is -1.78. The van der Waals surface area contributed by atoms with E-state index >= 15 is 0 Å². The molecule has 4 heteroatoms. The zero-order valence-electron chi connectivity index (χ0n) is 10.9. The summed E-state index contributed by atoms with van der Waals surface area (Å²) in [4.78, 5) is 10.4. The van der Waals surface area contributed by atoms with Gasteiger partial charge in [0.05, 0.1) is 18.7 Å². The van der Waals surface area contributed by atoms with Gasteiger partial charge in [0.15, 0.2) is 0 Å². The molecular formula is C12H21NaO3. The van der Waals surface area contributed by atoms with E-state index in [1.165, 1.54) is 6.42 Å². The largest absolute Gasteiger partial charge is 1.00 e. The van der Waals surface area contributed by atoms with Crippen LogP contribution in [0.3, 0.4) is 0 Å². The van der Waals surface area contributed by atoms with Crippen LogP contribution in [-0.2, 0) is 9.53 Å². The van der Waals surface area contributed by atoms with Crippen LogP contribution >= 0.6 is 0 Å². The maximum atomic E-state index is 10.4. The Morgan fingerprint density at radius 1 is 1.44 bits per heavy atom. The zero-order chi connectivity index (χ0) is 11.4. The molecule has 0 N–H and O–H groups in total. The minimum Gasteiger partial charge on any atom is -0.548 e. The van der Waals surface area contributed by atoms with Crippen molar-refractivity contribution >= 4 is 5.97 Å². The second kappa shape index (κ2) is 7.70. The van der Waals surface area contributed by atoms with E-state index in [0.717, 1.165) is 12.8 Å². The summed E-state index contributed by atoms with van der Waals surface area (Å²) in [5, 5.41) is 10.4. The second-order valence-electron chi connectivity index (χ2n) is 5.05. The van der Waals surface area contributed by atoms with Gasteiger partial charge in [0.1, 0.15) is 0 Å². The van der Waals surface area contributed by atoms with E-state index in [-0.39, 0.29) is 42.3 Å². The molecule has 0 unspecified atom stereocenters. The third kappa shape index (κ3) is 5.17. The maximum Gasteiger partial charge on any atom is 1.00 e. The Morgan fingerprint density at radius 2 is 2.06 bits per heavy atom. The fourth-order valence-electron chi connectivity index (χ4n) is 2.48. The van der Waals surface area contributed by atoms with Crippen molar-refractivity contribution in [1.82, 2.24) is 0 Å². The molecule has 0 amide bonds. The summed E-state index contributed by atoms with van der Waals surface area (Å²) in [5.74, 6) is 0.590. The molecule has 0 heterocycles. The third-order valence-electron chi connectivity index (χ3n) is 3.38. The number of rotatable bonds is 4. The molecule has 0 aliphatic heterocycles. The Hall–Kier alpha value is 0.430. The van der Waals surface area contributed by atoms with Crippen LogP contribution in [0.5, 0.6) is 0 Å². The summed E-state index contributed by atoms with van der Waals surface area (Å²) in [5.41, 5.74) is 0. The van der Waals surface area contributed by atoms with E-state index in [1.54, 1.807) is 0 Å². The van der Waals surface area contributed by atoms with Gasteiger partial charge in [-0.25, -0.2) is 0 Å². The van der Waals surface area contributed by atoms with Gasteiger partial charge in [0.25, 0.3) is 0 Å². The van der Waals surface area contributed by atoms with E-state index in [2.05, 4.69) is 20.8 Å². The Labute approximate surface area is 120 Å². The molecule has 0 aromatic rings. The predicted molar refractivity (Wildman–Crippen MR) is 56.1 cm³/mol. The van der Waals surface area contributed by atoms with Gasteiger partial charge in [-0.2, -0.15) is 0 Å². The first-order valence-corrected chi connectivity index (χ1v) is 5.82. The van der Waals surface area contributed by atoms with Crippen LogP contribution in [-0.4, -0.2) is 18.7 Å². The minimum atomic E-state index is -1.12. The van der Waals surface area contributed by atoms with Crippen LogP contribution in [0.1, 0.15) is 40.0 Å². The second-order valence-corrected chi connectivity index (χ2v) is 5.05. The number of ether oxygens (including phenoxy) is 1. The summed E-state index contributed by atoms with van der Waals surface area (Å²) < 4.78 is 5.43. The van der Waals surface area contributed by atoms with E-state index in [4.69, 9.17) is 4.74 Å². The van der Waals surface area contributed by atoms with Crippen LogP contribution in [0.25, 0.3) is 0 Å². The Kier molecular flexibility index (Phi) is 7.90. The summed E-state index contributed by atoms with van der Waals surface area (Å²) in [7, 11) is 0. The van der Waals surface area contributed by atoms with Gasteiger partial charge in [-0.15, -0.1) is 0 Å². The standard InChI is InChI=1S/C12H22O3.Na/c1-8(2)10-5-4-9(3)6-11(10)15-7-12(13)14;/h8-11H,4-7H2,1-3H3,(H,13,14);/q;+1/p-1/t9-,10+,11-;/m1./s1. The summed E-state index contributed by atoms with van der Waals surface area (Å²) in [6.45, 7) is 6.29. The molecule has 0 saturated heterocycles. The molecule has 1 aliphatic rings. The fraction of sp³-hybridized carbons (Fsp3) is 0.917. The Balaban J connectivity index is 0.00000225. The van der Waals surface area contributed by atoms with Gasteiger partial charge in [0.2, 0.25) is 0 Å². The number of aliphatic carboxylic acids is 1. The van der Waals surface area contributed by atoms with Crippen LogP contribution < -0.4 is 34.7 Å². The first kappa shape index (κ1) is 16.4. The van der Waals surface area contributed by atoms with Crippen molar-refractivity contribution in [2.24, 2.45) is 17.8 Å². The summed E-state index contributed by atoms with van der Waals surface area (Å²) in [6.07, 6.45) is 3.47. The molecule has 1 rings (SSSR count). The first-order chi connectivity index (χ1) is 7.00. The van der Waals surface area contributed by atoms with Crippen molar-refractivity contribution in [2.45, 2.75) is 46.1 Å². The van der Waals surface area contributed by atoms with E-state index in [1.807, 2.05) is 0 Å². The third-order valence-corrected chi connectivity index (χ3v) is 3.38. The Bertz CT molecular complexity index is 218. The quantitative estimate of drug-likeness (QED) is 0.542. The average molecular weight is 236 g/mol. The van der Waals surface area contributed by atoms with E-state index in [9.17, 15) is 9.90 Å². The van der Waals surface area contributed by atoms with Crippen LogP contribution in [0.15, 0.2) is 0 Å².